The fraction of sp³-hybridized carbons (Fsp3) is 0.667. The molecule has 1 rings (SSSR count). The first kappa shape index (κ1) is 19.0. The maximum Gasteiger partial charge on any atom is 0.119 e. The molecule has 2 heteroatoms. The molecular formula is C18H34NO+. The fourth-order valence-corrected chi connectivity index (χ4v) is 2.75. The highest BCUT2D eigenvalue weighted by Crippen LogP contribution is 2.44. The summed E-state index contributed by atoms with van der Waals surface area (Å²) in [5, 5.41) is 10.4. The Morgan fingerprint density at radius 1 is 0.650 bits per heavy atom. The molecule has 0 atom stereocenters. The molecule has 0 heterocycles. The minimum absolute atomic E-state index is 0. The zero-order chi connectivity index (χ0) is 15.2. The van der Waals surface area contributed by atoms with Gasteiger partial charge < -0.3 is 11.3 Å². The van der Waals surface area contributed by atoms with Crippen molar-refractivity contribution in [2.75, 3.05) is 0 Å². The molecule has 0 saturated heterocycles. The van der Waals surface area contributed by atoms with Crippen LogP contribution in [-0.4, -0.2) is 5.11 Å². The highest BCUT2D eigenvalue weighted by molar-refractivity contribution is 5.53. The Morgan fingerprint density at radius 2 is 1.05 bits per heavy atom. The lowest BCUT2D eigenvalue weighted by atomic mass is 9.68. The summed E-state index contributed by atoms with van der Waals surface area (Å²) < 4.78 is 0. The number of phenolic OH excluding ortho intramolecular Hbond substituents is 1. The molecule has 0 spiro atoms. The third-order valence-electron chi connectivity index (χ3n) is 3.49. The van der Waals surface area contributed by atoms with E-state index in [9.17, 15) is 5.11 Å². The van der Waals surface area contributed by atoms with Gasteiger partial charge in [0.1, 0.15) is 5.75 Å². The van der Waals surface area contributed by atoms with Crippen molar-refractivity contribution in [3.63, 3.8) is 0 Å². The summed E-state index contributed by atoms with van der Waals surface area (Å²) in [5.41, 5.74) is 3.76. The molecule has 0 radical (unpaired) electrons. The van der Waals surface area contributed by atoms with Gasteiger partial charge in [0, 0.05) is 5.56 Å². The molecule has 0 amide bonds. The topological polar surface area (TPSA) is 56.7 Å². The molecule has 0 aromatic heterocycles. The number of aromatic hydroxyl groups is 1. The van der Waals surface area contributed by atoms with Gasteiger partial charge in [0.05, 0.1) is 0 Å². The molecule has 0 aliphatic rings. The average Bonchev–Trinajstić information content (AvgIpc) is 2.11. The standard InChI is InChI=1S/C18H30O.H3N/c1-16(2,3)12-10-11-13(19)15(18(7,8)9)14(12)17(4,5)6;/h10-11,19H,1-9H3;1H3/p+1. The minimum atomic E-state index is -0.0616. The monoisotopic (exact) mass is 280 g/mol. The SMILES string of the molecule is CC(C)(C)c1ccc(O)c(C(C)(C)C)c1C(C)(C)C.[NH4+]. The van der Waals surface area contributed by atoms with E-state index in [0.717, 1.165) is 5.56 Å². The van der Waals surface area contributed by atoms with Crippen molar-refractivity contribution in [3.05, 3.63) is 28.8 Å². The number of hydrogen-bond donors (Lipinski definition) is 2. The van der Waals surface area contributed by atoms with E-state index in [1.165, 1.54) is 11.1 Å². The highest BCUT2D eigenvalue weighted by atomic mass is 16.3. The van der Waals surface area contributed by atoms with Crippen LogP contribution in [0.2, 0.25) is 0 Å². The van der Waals surface area contributed by atoms with E-state index in [1.807, 2.05) is 6.07 Å². The predicted octanol–water partition coefficient (Wildman–Crippen LogP) is 5.66. The second-order valence-electron chi connectivity index (χ2n) is 8.63. The lowest BCUT2D eigenvalue weighted by Crippen LogP contribution is -2.28. The van der Waals surface area contributed by atoms with Crippen molar-refractivity contribution >= 4 is 0 Å². The third kappa shape index (κ3) is 3.76. The zero-order valence-corrected chi connectivity index (χ0v) is 15.1. The Bertz CT molecular complexity index is 468. The summed E-state index contributed by atoms with van der Waals surface area (Å²) in [6, 6.07) is 3.95. The van der Waals surface area contributed by atoms with Crippen LogP contribution in [0.4, 0.5) is 0 Å². The van der Waals surface area contributed by atoms with E-state index in [1.54, 1.807) is 0 Å². The second-order valence-corrected chi connectivity index (χ2v) is 8.63. The van der Waals surface area contributed by atoms with Crippen LogP contribution in [0.1, 0.15) is 79.0 Å². The summed E-state index contributed by atoms with van der Waals surface area (Å²) in [6.07, 6.45) is 0. The quantitative estimate of drug-likeness (QED) is 0.633. The van der Waals surface area contributed by atoms with Gasteiger partial charge >= 0.3 is 0 Å². The van der Waals surface area contributed by atoms with Gasteiger partial charge in [0.15, 0.2) is 0 Å². The molecule has 1 aromatic rings. The second kappa shape index (κ2) is 5.40. The normalized spacial score (nSPS) is 13.1. The molecule has 0 unspecified atom stereocenters. The third-order valence-corrected chi connectivity index (χ3v) is 3.49. The van der Waals surface area contributed by atoms with Gasteiger partial charge in [-0.15, -0.1) is 0 Å². The van der Waals surface area contributed by atoms with Crippen molar-refractivity contribution in [1.29, 1.82) is 0 Å². The van der Waals surface area contributed by atoms with Crippen LogP contribution in [0.3, 0.4) is 0 Å². The molecule has 0 fully saturated rings. The van der Waals surface area contributed by atoms with Gasteiger partial charge in [-0.25, -0.2) is 0 Å². The van der Waals surface area contributed by atoms with Crippen LogP contribution >= 0.6 is 0 Å². The van der Waals surface area contributed by atoms with Crippen molar-refractivity contribution in [3.8, 4) is 5.75 Å². The summed E-state index contributed by atoms with van der Waals surface area (Å²) >= 11 is 0. The Kier molecular flexibility index (Phi) is 5.13. The molecule has 0 aliphatic carbocycles. The number of benzene rings is 1. The van der Waals surface area contributed by atoms with Crippen LogP contribution in [0.5, 0.6) is 5.75 Å². The number of rotatable bonds is 0. The summed E-state index contributed by atoms with van der Waals surface area (Å²) in [6.45, 7) is 19.9. The Hall–Kier alpha value is -1.02. The van der Waals surface area contributed by atoms with E-state index in [2.05, 4.69) is 68.4 Å². The van der Waals surface area contributed by atoms with Crippen molar-refractivity contribution in [2.24, 2.45) is 0 Å². The van der Waals surface area contributed by atoms with Crippen LogP contribution in [0.15, 0.2) is 12.1 Å². The first-order valence-corrected chi connectivity index (χ1v) is 7.13. The van der Waals surface area contributed by atoms with Gasteiger partial charge in [0.25, 0.3) is 0 Å². The van der Waals surface area contributed by atoms with Crippen molar-refractivity contribution in [2.45, 2.75) is 78.6 Å². The summed E-state index contributed by atoms with van der Waals surface area (Å²) in [7, 11) is 0. The minimum Gasteiger partial charge on any atom is -0.508 e. The Balaban J connectivity index is 0.00000361. The molecule has 1 aromatic carbocycles. The lowest BCUT2D eigenvalue weighted by molar-refractivity contribution is 0.429. The molecule has 116 valence electrons. The van der Waals surface area contributed by atoms with Crippen LogP contribution in [-0.2, 0) is 16.2 Å². The molecular weight excluding hydrogens is 246 g/mol. The molecule has 0 saturated carbocycles. The zero-order valence-electron chi connectivity index (χ0n) is 15.1. The van der Waals surface area contributed by atoms with Crippen LogP contribution < -0.4 is 6.15 Å². The van der Waals surface area contributed by atoms with Crippen molar-refractivity contribution < 1.29 is 5.11 Å². The maximum absolute atomic E-state index is 10.4. The molecule has 0 bridgehead atoms. The first-order chi connectivity index (χ1) is 8.26. The smallest absolute Gasteiger partial charge is 0.119 e. The molecule has 20 heavy (non-hydrogen) atoms. The molecule has 5 N–H and O–H groups in total. The Morgan fingerprint density at radius 3 is 1.35 bits per heavy atom. The average molecular weight is 280 g/mol. The van der Waals surface area contributed by atoms with Crippen molar-refractivity contribution in [1.82, 2.24) is 6.15 Å². The summed E-state index contributed by atoms with van der Waals surface area (Å²) in [4.78, 5) is 0. The predicted molar refractivity (Wildman–Crippen MR) is 90.2 cm³/mol. The fourth-order valence-electron chi connectivity index (χ4n) is 2.75. The number of phenols is 1. The van der Waals surface area contributed by atoms with Gasteiger partial charge in [-0.1, -0.05) is 68.4 Å². The van der Waals surface area contributed by atoms with Gasteiger partial charge in [-0.3, -0.25) is 0 Å². The summed E-state index contributed by atoms with van der Waals surface area (Å²) in [5.74, 6) is 0.422. The van der Waals surface area contributed by atoms with Gasteiger partial charge in [0.2, 0.25) is 0 Å². The van der Waals surface area contributed by atoms with E-state index in [0.29, 0.717) is 5.75 Å². The van der Waals surface area contributed by atoms with Crippen LogP contribution in [0, 0.1) is 0 Å². The van der Waals surface area contributed by atoms with E-state index in [4.69, 9.17) is 0 Å². The first-order valence-electron chi connectivity index (χ1n) is 7.13. The maximum atomic E-state index is 10.4. The van der Waals surface area contributed by atoms with E-state index in [-0.39, 0.29) is 22.4 Å². The number of hydrogen-bond acceptors (Lipinski definition) is 1. The van der Waals surface area contributed by atoms with Crippen LogP contribution in [0.25, 0.3) is 0 Å². The van der Waals surface area contributed by atoms with Gasteiger partial charge in [-0.05, 0) is 33.4 Å². The number of quaternary nitrogens is 1. The largest absolute Gasteiger partial charge is 0.508 e. The molecule has 0 aliphatic heterocycles. The van der Waals surface area contributed by atoms with Gasteiger partial charge in [-0.2, -0.15) is 0 Å². The van der Waals surface area contributed by atoms with E-state index >= 15 is 0 Å². The highest BCUT2D eigenvalue weighted by Gasteiger charge is 2.33. The lowest BCUT2D eigenvalue weighted by Gasteiger charge is -2.36. The van der Waals surface area contributed by atoms with E-state index < -0.39 is 0 Å². The Labute approximate surface area is 125 Å². The molecule has 2 nitrogen and oxygen atoms in total.